The Morgan fingerprint density at radius 1 is 0.960 bits per heavy atom. The summed E-state index contributed by atoms with van der Waals surface area (Å²) in [5, 5.41) is 10.3. The van der Waals surface area contributed by atoms with Crippen LogP contribution < -0.4 is 15.2 Å². The SMILES string of the molecule is COc1ccc(OC(C)(c2ccc(C(F)(F)F)cc2)C(O)CN)cc1. The number of nitrogens with two attached hydrogens (primary N) is 1. The molecule has 0 aliphatic heterocycles. The quantitative estimate of drug-likeness (QED) is 0.834. The van der Waals surface area contributed by atoms with Gasteiger partial charge in [0.25, 0.3) is 0 Å². The fourth-order valence-corrected chi connectivity index (χ4v) is 2.42. The van der Waals surface area contributed by atoms with Crippen LogP contribution in [0.25, 0.3) is 0 Å². The van der Waals surface area contributed by atoms with E-state index in [2.05, 4.69) is 0 Å². The molecule has 0 aromatic heterocycles. The molecule has 2 aromatic carbocycles. The molecule has 3 N–H and O–H groups in total. The van der Waals surface area contributed by atoms with E-state index in [-0.39, 0.29) is 6.54 Å². The van der Waals surface area contributed by atoms with E-state index < -0.39 is 23.4 Å². The van der Waals surface area contributed by atoms with E-state index in [1.807, 2.05) is 0 Å². The molecule has 136 valence electrons. The number of aliphatic hydroxyl groups excluding tert-OH is 1. The van der Waals surface area contributed by atoms with Gasteiger partial charge in [0.05, 0.1) is 12.7 Å². The van der Waals surface area contributed by atoms with Crippen LogP contribution >= 0.6 is 0 Å². The lowest BCUT2D eigenvalue weighted by molar-refractivity contribution is -0.137. The van der Waals surface area contributed by atoms with Gasteiger partial charge in [-0.3, -0.25) is 0 Å². The molecule has 0 bridgehead atoms. The van der Waals surface area contributed by atoms with Crippen molar-refractivity contribution in [2.45, 2.75) is 24.8 Å². The molecule has 0 radical (unpaired) electrons. The molecular weight excluding hydrogens is 335 g/mol. The van der Waals surface area contributed by atoms with Gasteiger partial charge >= 0.3 is 6.18 Å². The average Bonchev–Trinajstić information content (AvgIpc) is 2.61. The Labute approximate surface area is 144 Å². The first-order valence-electron chi connectivity index (χ1n) is 7.59. The first kappa shape index (κ1) is 19.1. The minimum atomic E-state index is -4.43. The van der Waals surface area contributed by atoms with E-state index >= 15 is 0 Å². The highest BCUT2D eigenvalue weighted by atomic mass is 19.4. The summed E-state index contributed by atoms with van der Waals surface area (Å²) in [5.74, 6) is 1.05. The molecule has 0 aliphatic rings. The van der Waals surface area contributed by atoms with Crippen molar-refractivity contribution in [1.29, 1.82) is 0 Å². The summed E-state index contributed by atoms with van der Waals surface area (Å²) < 4.78 is 49.2. The van der Waals surface area contributed by atoms with Gasteiger partial charge in [0.1, 0.15) is 17.6 Å². The zero-order valence-corrected chi connectivity index (χ0v) is 13.9. The van der Waals surface area contributed by atoms with Gasteiger partial charge in [-0.1, -0.05) is 12.1 Å². The summed E-state index contributed by atoms with van der Waals surface area (Å²) >= 11 is 0. The normalized spacial score (nSPS) is 15.3. The van der Waals surface area contributed by atoms with Crippen molar-refractivity contribution in [3.63, 3.8) is 0 Å². The number of hydrogen-bond acceptors (Lipinski definition) is 4. The van der Waals surface area contributed by atoms with Gasteiger partial charge in [-0.05, 0) is 48.9 Å². The zero-order chi connectivity index (χ0) is 18.7. The molecule has 2 unspecified atom stereocenters. The fraction of sp³-hybridized carbons (Fsp3) is 0.333. The fourth-order valence-electron chi connectivity index (χ4n) is 2.42. The molecular formula is C18H20F3NO3. The monoisotopic (exact) mass is 355 g/mol. The Balaban J connectivity index is 2.36. The lowest BCUT2D eigenvalue weighted by Crippen LogP contribution is -2.46. The molecule has 0 saturated carbocycles. The van der Waals surface area contributed by atoms with Crippen molar-refractivity contribution in [2.75, 3.05) is 13.7 Å². The number of methoxy groups -OCH3 is 1. The zero-order valence-electron chi connectivity index (χ0n) is 13.9. The number of rotatable bonds is 6. The lowest BCUT2D eigenvalue weighted by Gasteiger charge is -2.35. The molecule has 2 atom stereocenters. The maximum Gasteiger partial charge on any atom is 0.416 e. The second kappa shape index (κ2) is 7.33. The van der Waals surface area contributed by atoms with Crippen LogP contribution in [0.3, 0.4) is 0 Å². The predicted octanol–water partition coefficient (Wildman–Crippen LogP) is 3.33. The minimum absolute atomic E-state index is 0.117. The first-order valence-corrected chi connectivity index (χ1v) is 7.59. The smallest absolute Gasteiger partial charge is 0.416 e. The Bertz CT molecular complexity index is 686. The van der Waals surface area contributed by atoms with Crippen LogP contribution in [0.1, 0.15) is 18.1 Å². The standard InChI is InChI=1S/C18H20F3NO3/c1-17(16(23)11-22,25-15-9-7-14(24-2)8-10-15)12-3-5-13(6-4-12)18(19,20)21/h3-10,16,23H,11,22H2,1-2H3. The minimum Gasteiger partial charge on any atom is -0.497 e. The van der Waals surface area contributed by atoms with E-state index in [9.17, 15) is 18.3 Å². The summed E-state index contributed by atoms with van der Waals surface area (Å²) in [6, 6.07) is 11.1. The third kappa shape index (κ3) is 4.24. The Kier molecular flexibility index (Phi) is 5.59. The Hall–Kier alpha value is -2.25. The van der Waals surface area contributed by atoms with Crippen molar-refractivity contribution in [1.82, 2.24) is 0 Å². The van der Waals surface area contributed by atoms with Crippen molar-refractivity contribution in [3.8, 4) is 11.5 Å². The highest BCUT2D eigenvalue weighted by Gasteiger charge is 2.38. The van der Waals surface area contributed by atoms with E-state index in [0.29, 0.717) is 17.1 Å². The summed E-state index contributed by atoms with van der Waals surface area (Å²) in [6.07, 6.45) is -5.55. The van der Waals surface area contributed by atoms with Crippen molar-refractivity contribution >= 4 is 0 Å². The van der Waals surface area contributed by atoms with Gasteiger partial charge in [-0.25, -0.2) is 0 Å². The van der Waals surface area contributed by atoms with Crippen LogP contribution in [0.5, 0.6) is 11.5 Å². The first-order chi connectivity index (χ1) is 11.7. The summed E-state index contributed by atoms with van der Waals surface area (Å²) in [6.45, 7) is 1.46. The largest absolute Gasteiger partial charge is 0.497 e. The maximum atomic E-state index is 12.7. The van der Waals surface area contributed by atoms with Gasteiger partial charge < -0.3 is 20.3 Å². The Morgan fingerprint density at radius 3 is 1.88 bits per heavy atom. The van der Waals surface area contributed by atoms with E-state index in [4.69, 9.17) is 15.2 Å². The van der Waals surface area contributed by atoms with Crippen LogP contribution in [-0.4, -0.2) is 24.9 Å². The van der Waals surface area contributed by atoms with Crippen molar-refractivity contribution < 1.29 is 27.8 Å². The molecule has 0 fully saturated rings. The maximum absolute atomic E-state index is 12.7. The molecule has 7 heteroatoms. The second-order valence-corrected chi connectivity index (χ2v) is 5.71. The highest BCUT2D eigenvalue weighted by molar-refractivity contribution is 5.35. The second-order valence-electron chi connectivity index (χ2n) is 5.71. The number of halogens is 3. The third-order valence-electron chi connectivity index (χ3n) is 4.03. The van der Waals surface area contributed by atoms with E-state index in [1.165, 1.54) is 19.2 Å². The number of ether oxygens (including phenoxy) is 2. The molecule has 0 spiro atoms. The van der Waals surface area contributed by atoms with Gasteiger partial charge in [-0.2, -0.15) is 13.2 Å². The molecule has 2 aromatic rings. The number of hydrogen-bond donors (Lipinski definition) is 2. The average molecular weight is 355 g/mol. The molecule has 4 nitrogen and oxygen atoms in total. The summed E-state index contributed by atoms with van der Waals surface area (Å²) in [4.78, 5) is 0. The molecule has 0 amide bonds. The number of alkyl halides is 3. The van der Waals surface area contributed by atoms with Crippen LogP contribution in [0.4, 0.5) is 13.2 Å². The van der Waals surface area contributed by atoms with Crippen molar-refractivity contribution in [2.24, 2.45) is 5.73 Å². The molecule has 2 rings (SSSR count). The third-order valence-corrected chi connectivity index (χ3v) is 4.03. The van der Waals surface area contributed by atoms with Gasteiger partial charge in [0.15, 0.2) is 5.60 Å². The Morgan fingerprint density at radius 2 is 1.44 bits per heavy atom. The number of aliphatic hydroxyl groups is 1. The van der Waals surface area contributed by atoms with Crippen LogP contribution in [-0.2, 0) is 11.8 Å². The molecule has 0 heterocycles. The lowest BCUT2D eigenvalue weighted by atomic mass is 9.89. The van der Waals surface area contributed by atoms with Crippen LogP contribution in [0, 0.1) is 0 Å². The van der Waals surface area contributed by atoms with Crippen LogP contribution in [0.15, 0.2) is 48.5 Å². The van der Waals surface area contributed by atoms with Crippen molar-refractivity contribution in [3.05, 3.63) is 59.7 Å². The molecule has 0 aliphatic carbocycles. The topological polar surface area (TPSA) is 64.7 Å². The van der Waals surface area contributed by atoms with E-state index in [0.717, 1.165) is 12.1 Å². The van der Waals surface area contributed by atoms with Crippen LogP contribution in [0.2, 0.25) is 0 Å². The molecule has 25 heavy (non-hydrogen) atoms. The van der Waals surface area contributed by atoms with Gasteiger partial charge in [0.2, 0.25) is 0 Å². The summed E-state index contributed by atoms with van der Waals surface area (Å²) in [7, 11) is 1.53. The number of benzene rings is 2. The van der Waals surface area contributed by atoms with E-state index in [1.54, 1.807) is 31.2 Å². The summed E-state index contributed by atoms with van der Waals surface area (Å²) in [5.41, 5.74) is 3.86. The highest BCUT2D eigenvalue weighted by Crippen LogP contribution is 2.35. The molecule has 0 saturated heterocycles. The van der Waals surface area contributed by atoms with Gasteiger partial charge in [0, 0.05) is 6.54 Å². The predicted molar refractivity (Wildman–Crippen MR) is 87.5 cm³/mol. The van der Waals surface area contributed by atoms with Gasteiger partial charge in [-0.15, -0.1) is 0 Å².